The highest BCUT2D eigenvalue weighted by Gasteiger charge is 2.05. The van der Waals surface area contributed by atoms with Crippen LogP contribution in [0, 0.1) is 5.82 Å². The van der Waals surface area contributed by atoms with E-state index in [4.69, 9.17) is 0 Å². The summed E-state index contributed by atoms with van der Waals surface area (Å²) in [5.41, 5.74) is 0.963. The van der Waals surface area contributed by atoms with Crippen LogP contribution in [0.4, 0.5) is 15.8 Å². The summed E-state index contributed by atoms with van der Waals surface area (Å²) in [7, 11) is 1.30. The topological polar surface area (TPSA) is 51.0 Å². The molecule has 0 atom stereocenters. The molecule has 0 amide bonds. The molecule has 2 rings (SSSR count). The van der Waals surface area contributed by atoms with E-state index in [0.717, 1.165) is 0 Å². The van der Waals surface area contributed by atoms with Crippen molar-refractivity contribution in [3.63, 3.8) is 0 Å². The Kier molecular flexibility index (Phi) is 3.97. The third kappa shape index (κ3) is 3.22. The van der Waals surface area contributed by atoms with E-state index in [2.05, 4.69) is 15.0 Å². The molecule has 0 saturated heterocycles. The largest absolute Gasteiger partial charge is 0.465 e. The number of methoxy groups -OCH3 is 1. The number of benzene rings is 2. The number of rotatable bonds is 3. The van der Waals surface area contributed by atoms with Gasteiger partial charge in [-0.2, -0.15) is 5.11 Å². The highest BCUT2D eigenvalue weighted by molar-refractivity contribution is 5.90. The molecule has 0 unspecified atom stereocenters. The summed E-state index contributed by atoms with van der Waals surface area (Å²) in [6.45, 7) is 0. The second kappa shape index (κ2) is 5.86. The van der Waals surface area contributed by atoms with E-state index in [-0.39, 0.29) is 5.69 Å². The zero-order chi connectivity index (χ0) is 13.7. The minimum atomic E-state index is -0.456. The van der Waals surface area contributed by atoms with Crippen molar-refractivity contribution in [2.75, 3.05) is 7.11 Å². The molecule has 0 aromatic heterocycles. The third-order valence-corrected chi connectivity index (χ3v) is 2.39. The zero-order valence-corrected chi connectivity index (χ0v) is 10.2. The summed E-state index contributed by atoms with van der Waals surface area (Å²) < 4.78 is 17.9. The number of hydrogen-bond acceptors (Lipinski definition) is 4. The van der Waals surface area contributed by atoms with Gasteiger partial charge in [0.2, 0.25) is 0 Å². The van der Waals surface area contributed by atoms with Crippen LogP contribution in [-0.4, -0.2) is 13.1 Å². The van der Waals surface area contributed by atoms with Gasteiger partial charge in [-0.1, -0.05) is 18.2 Å². The Morgan fingerprint density at radius 3 is 2.63 bits per heavy atom. The first-order valence-corrected chi connectivity index (χ1v) is 5.55. The number of azo groups is 1. The standard InChI is InChI=1S/C14H11FN2O2/c1-19-14(18)10-5-4-6-11(9-10)16-17-13-8-3-2-7-12(13)15/h2-9H,1H3/b17-16+. The van der Waals surface area contributed by atoms with Crippen LogP contribution < -0.4 is 0 Å². The quantitative estimate of drug-likeness (QED) is 0.616. The molecule has 0 radical (unpaired) electrons. The highest BCUT2D eigenvalue weighted by atomic mass is 19.1. The summed E-state index contributed by atoms with van der Waals surface area (Å²) in [5.74, 6) is -0.904. The number of carbonyl (C=O) groups is 1. The molecule has 0 spiro atoms. The van der Waals surface area contributed by atoms with Crippen molar-refractivity contribution in [1.29, 1.82) is 0 Å². The van der Waals surface area contributed by atoms with Gasteiger partial charge in [-0.15, -0.1) is 5.11 Å². The number of hydrogen-bond donors (Lipinski definition) is 0. The van der Waals surface area contributed by atoms with Crippen molar-refractivity contribution < 1.29 is 13.9 Å². The lowest BCUT2D eigenvalue weighted by atomic mass is 10.2. The Balaban J connectivity index is 2.24. The molecule has 0 aliphatic carbocycles. The van der Waals surface area contributed by atoms with E-state index in [9.17, 15) is 9.18 Å². The van der Waals surface area contributed by atoms with E-state index in [1.807, 2.05) is 0 Å². The monoisotopic (exact) mass is 258 g/mol. The summed E-state index contributed by atoms with van der Waals surface area (Å²) in [5, 5.41) is 7.69. The second-order valence-electron chi connectivity index (χ2n) is 3.69. The Hall–Kier alpha value is -2.56. The maximum atomic E-state index is 13.3. The minimum Gasteiger partial charge on any atom is -0.465 e. The van der Waals surface area contributed by atoms with Gasteiger partial charge >= 0.3 is 5.97 Å². The van der Waals surface area contributed by atoms with Gasteiger partial charge in [0.1, 0.15) is 5.69 Å². The normalized spacial score (nSPS) is 10.6. The van der Waals surface area contributed by atoms with Crippen molar-refractivity contribution >= 4 is 17.3 Å². The molecule has 0 aliphatic heterocycles. The van der Waals surface area contributed by atoms with Gasteiger partial charge in [0.25, 0.3) is 0 Å². The molecule has 2 aromatic carbocycles. The van der Waals surface area contributed by atoms with Gasteiger partial charge in [0, 0.05) is 0 Å². The first-order valence-electron chi connectivity index (χ1n) is 5.55. The summed E-state index contributed by atoms with van der Waals surface area (Å²) in [4.78, 5) is 11.3. The molecule has 5 heteroatoms. The van der Waals surface area contributed by atoms with Crippen LogP contribution in [0.3, 0.4) is 0 Å². The number of halogens is 1. The molecule has 0 saturated carbocycles. The first kappa shape index (κ1) is 12.9. The Bertz CT molecular complexity index is 626. The van der Waals surface area contributed by atoms with Crippen molar-refractivity contribution in [2.24, 2.45) is 10.2 Å². The smallest absolute Gasteiger partial charge is 0.337 e. The van der Waals surface area contributed by atoms with Crippen molar-refractivity contribution in [3.8, 4) is 0 Å². The van der Waals surface area contributed by atoms with Crippen molar-refractivity contribution in [2.45, 2.75) is 0 Å². The zero-order valence-electron chi connectivity index (χ0n) is 10.2. The van der Waals surface area contributed by atoms with Gasteiger partial charge < -0.3 is 4.74 Å². The van der Waals surface area contributed by atoms with Gasteiger partial charge in [-0.25, -0.2) is 9.18 Å². The SMILES string of the molecule is COC(=O)c1cccc(/N=N/c2ccccc2F)c1. The van der Waals surface area contributed by atoms with Crippen molar-refractivity contribution in [3.05, 3.63) is 59.9 Å². The fourth-order valence-electron chi connectivity index (χ4n) is 1.46. The predicted molar refractivity (Wildman–Crippen MR) is 68.4 cm³/mol. The number of nitrogens with zero attached hydrogens (tertiary/aromatic N) is 2. The van der Waals surface area contributed by atoms with E-state index in [0.29, 0.717) is 11.3 Å². The highest BCUT2D eigenvalue weighted by Crippen LogP contribution is 2.21. The van der Waals surface area contributed by atoms with E-state index in [1.165, 1.54) is 25.3 Å². The van der Waals surface area contributed by atoms with E-state index < -0.39 is 11.8 Å². The molecule has 2 aromatic rings. The Morgan fingerprint density at radius 2 is 1.89 bits per heavy atom. The second-order valence-corrected chi connectivity index (χ2v) is 3.69. The lowest BCUT2D eigenvalue weighted by Crippen LogP contribution is -1.99. The minimum absolute atomic E-state index is 0.144. The van der Waals surface area contributed by atoms with Crippen LogP contribution in [0.2, 0.25) is 0 Å². The molecule has 96 valence electrons. The average Bonchev–Trinajstić information content (AvgIpc) is 2.46. The Morgan fingerprint density at radius 1 is 1.11 bits per heavy atom. The predicted octanol–water partition coefficient (Wildman–Crippen LogP) is 4.03. The van der Waals surface area contributed by atoms with Crippen LogP contribution in [0.15, 0.2) is 58.8 Å². The molecule has 0 fully saturated rings. The molecule has 0 heterocycles. The fraction of sp³-hybridized carbons (Fsp3) is 0.0714. The Labute approximate surface area is 109 Å². The molecular weight excluding hydrogens is 247 g/mol. The maximum Gasteiger partial charge on any atom is 0.337 e. The number of esters is 1. The molecular formula is C14H11FN2O2. The third-order valence-electron chi connectivity index (χ3n) is 2.39. The summed E-state index contributed by atoms with van der Waals surface area (Å²) in [6, 6.07) is 12.5. The molecule has 0 bridgehead atoms. The van der Waals surface area contributed by atoms with E-state index >= 15 is 0 Å². The fourth-order valence-corrected chi connectivity index (χ4v) is 1.46. The van der Waals surface area contributed by atoms with Crippen LogP contribution in [-0.2, 0) is 4.74 Å². The number of carbonyl (C=O) groups excluding carboxylic acids is 1. The molecule has 0 aliphatic rings. The van der Waals surface area contributed by atoms with Crippen LogP contribution in [0.25, 0.3) is 0 Å². The maximum absolute atomic E-state index is 13.3. The van der Waals surface area contributed by atoms with Crippen molar-refractivity contribution in [1.82, 2.24) is 0 Å². The van der Waals surface area contributed by atoms with Crippen LogP contribution >= 0.6 is 0 Å². The average molecular weight is 258 g/mol. The van der Waals surface area contributed by atoms with E-state index in [1.54, 1.807) is 30.3 Å². The lowest BCUT2D eigenvalue weighted by Gasteiger charge is -1.99. The van der Waals surface area contributed by atoms with Gasteiger partial charge in [-0.3, -0.25) is 0 Å². The van der Waals surface area contributed by atoms with Crippen LogP contribution in [0.5, 0.6) is 0 Å². The summed E-state index contributed by atoms with van der Waals surface area (Å²) >= 11 is 0. The summed E-state index contributed by atoms with van der Waals surface area (Å²) in [6.07, 6.45) is 0. The van der Waals surface area contributed by atoms with Gasteiger partial charge in [0.05, 0.1) is 18.4 Å². The first-order chi connectivity index (χ1) is 9.20. The van der Waals surface area contributed by atoms with Gasteiger partial charge in [-0.05, 0) is 30.3 Å². The van der Waals surface area contributed by atoms with Gasteiger partial charge in [0.15, 0.2) is 5.82 Å². The molecule has 0 N–H and O–H groups in total. The molecule has 4 nitrogen and oxygen atoms in total. The van der Waals surface area contributed by atoms with Crippen LogP contribution in [0.1, 0.15) is 10.4 Å². The number of ether oxygens (including phenoxy) is 1. The molecule has 19 heavy (non-hydrogen) atoms. The lowest BCUT2D eigenvalue weighted by molar-refractivity contribution is 0.0601.